The number of nitrogens with zero attached hydrogens (tertiary/aromatic N) is 2. The smallest absolute Gasteiger partial charge is 0.240 e. The van der Waals surface area contributed by atoms with E-state index in [2.05, 4.69) is 21.1 Å². The van der Waals surface area contributed by atoms with Gasteiger partial charge in [0.05, 0.1) is 40.5 Å². The number of halogens is 1. The van der Waals surface area contributed by atoms with Gasteiger partial charge in [0.25, 0.3) is 0 Å². The number of para-hydroxylation sites is 1. The highest BCUT2D eigenvalue weighted by molar-refractivity contribution is 9.10. The van der Waals surface area contributed by atoms with Gasteiger partial charge in [-0.3, -0.25) is 14.4 Å². The third-order valence-corrected chi connectivity index (χ3v) is 7.56. The molecule has 1 aromatic heterocycles. The van der Waals surface area contributed by atoms with Crippen LogP contribution in [0.15, 0.2) is 73.6 Å². The molecule has 2 amide bonds. The molecule has 0 radical (unpaired) electrons. The first-order valence-corrected chi connectivity index (χ1v) is 11.4. The van der Waals surface area contributed by atoms with Crippen LogP contribution >= 0.6 is 15.9 Å². The standard InChI is InChI=1S/C24H15BrN2O6/c25-10-6-7-14-12(8-10)19(28)13(9-31-14)18-17-20-15-16(21(32-20)22(17)33-26-18)24(30)27(23(15)29)11-4-2-1-3-5-11/h1-9,15-17,20-22H/t15-,16+,17?,20?,21?,22?/m1/s1. The molecule has 33 heavy (non-hydrogen) atoms. The van der Waals surface area contributed by atoms with Crippen molar-refractivity contribution in [1.29, 1.82) is 0 Å². The topological polar surface area (TPSA) is 98.4 Å². The number of hydrogen-bond acceptors (Lipinski definition) is 7. The maximum Gasteiger partial charge on any atom is 0.240 e. The zero-order chi connectivity index (χ0) is 22.4. The fourth-order valence-corrected chi connectivity index (χ4v) is 6.05. The summed E-state index contributed by atoms with van der Waals surface area (Å²) in [6, 6.07) is 14.1. The van der Waals surface area contributed by atoms with Gasteiger partial charge < -0.3 is 14.0 Å². The number of oxime groups is 1. The summed E-state index contributed by atoms with van der Waals surface area (Å²) in [5.74, 6) is -2.27. The molecule has 3 saturated heterocycles. The SMILES string of the molecule is O=C1[C@@H]2C3OC(C4C(c5coc6ccc(Br)cc6c5=O)=NOC43)[C@@H]2C(=O)N1c1ccccc1. The first kappa shape index (κ1) is 19.2. The van der Waals surface area contributed by atoms with Gasteiger partial charge in [-0.1, -0.05) is 39.3 Å². The molecule has 5 heterocycles. The van der Waals surface area contributed by atoms with Crippen LogP contribution in [-0.4, -0.2) is 35.8 Å². The van der Waals surface area contributed by atoms with Gasteiger partial charge in [-0.15, -0.1) is 0 Å². The van der Waals surface area contributed by atoms with Gasteiger partial charge in [0.2, 0.25) is 17.2 Å². The van der Waals surface area contributed by atoms with Crippen molar-refractivity contribution < 1.29 is 23.6 Å². The number of carbonyl (C=O) groups excluding carboxylic acids is 2. The average Bonchev–Trinajstić information content (AvgIpc) is 3.56. The fraction of sp³-hybridized carbons (Fsp3) is 0.250. The quantitative estimate of drug-likeness (QED) is 0.495. The number of carbonyl (C=O) groups is 2. The second-order valence-corrected chi connectivity index (χ2v) is 9.57. The van der Waals surface area contributed by atoms with E-state index in [1.165, 1.54) is 11.2 Å². The van der Waals surface area contributed by atoms with Crippen LogP contribution in [0.4, 0.5) is 5.69 Å². The summed E-state index contributed by atoms with van der Waals surface area (Å²) in [5.41, 5.74) is 1.45. The Morgan fingerprint density at radius 2 is 1.64 bits per heavy atom. The number of amides is 2. The molecular formula is C24H15BrN2O6. The van der Waals surface area contributed by atoms with E-state index in [0.717, 1.165) is 4.47 Å². The Morgan fingerprint density at radius 3 is 2.42 bits per heavy atom. The molecule has 2 aromatic carbocycles. The van der Waals surface area contributed by atoms with Crippen LogP contribution in [-0.2, 0) is 19.2 Å². The molecule has 0 aliphatic carbocycles. The van der Waals surface area contributed by atoms with Gasteiger partial charge in [-0.25, -0.2) is 4.90 Å². The largest absolute Gasteiger partial charge is 0.463 e. The Labute approximate surface area is 194 Å². The number of imide groups is 1. The highest BCUT2D eigenvalue weighted by atomic mass is 79.9. The van der Waals surface area contributed by atoms with E-state index in [1.807, 2.05) is 6.07 Å². The molecule has 0 saturated carbocycles. The summed E-state index contributed by atoms with van der Waals surface area (Å²) in [6.07, 6.45) is -0.353. The summed E-state index contributed by atoms with van der Waals surface area (Å²) in [4.78, 5) is 46.8. The molecule has 3 fully saturated rings. The molecule has 4 aliphatic heterocycles. The van der Waals surface area contributed by atoms with Gasteiger partial charge in [0.15, 0.2) is 6.10 Å². The number of hydrogen-bond donors (Lipinski definition) is 0. The van der Waals surface area contributed by atoms with E-state index in [4.69, 9.17) is 14.0 Å². The van der Waals surface area contributed by atoms with Crippen LogP contribution < -0.4 is 10.3 Å². The Hall–Kier alpha value is -3.30. The molecule has 6 atom stereocenters. The predicted octanol–water partition coefficient (Wildman–Crippen LogP) is 2.86. The summed E-state index contributed by atoms with van der Waals surface area (Å²) in [6.45, 7) is 0. The third-order valence-electron chi connectivity index (χ3n) is 7.07. The first-order chi connectivity index (χ1) is 16.0. The van der Waals surface area contributed by atoms with E-state index in [-0.39, 0.29) is 22.8 Å². The van der Waals surface area contributed by atoms with Crippen molar-refractivity contribution in [1.82, 2.24) is 0 Å². The summed E-state index contributed by atoms with van der Waals surface area (Å²) in [5, 5.41) is 4.62. The Balaban J connectivity index is 1.28. The lowest BCUT2D eigenvalue weighted by Gasteiger charge is -2.26. The Morgan fingerprint density at radius 1 is 0.879 bits per heavy atom. The van der Waals surface area contributed by atoms with E-state index in [0.29, 0.717) is 22.4 Å². The van der Waals surface area contributed by atoms with Gasteiger partial charge in [-0.05, 0) is 30.3 Å². The highest BCUT2D eigenvalue weighted by Crippen LogP contribution is 2.55. The van der Waals surface area contributed by atoms with Crippen molar-refractivity contribution >= 4 is 50.1 Å². The molecule has 2 bridgehead atoms. The van der Waals surface area contributed by atoms with E-state index in [1.54, 1.807) is 42.5 Å². The molecule has 3 aromatic rings. The maximum atomic E-state index is 13.4. The number of anilines is 1. The van der Waals surface area contributed by atoms with E-state index < -0.39 is 36.1 Å². The molecule has 8 nitrogen and oxygen atoms in total. The minimum Gasteiger partial charge on any atom is -0.463 e. The minimum absolute atomic E-state index is 0.236. The molecule has 0 N–H and O–H groups in total. The van der Waals surface area contributed by atoms with Crippen molar-refractivity contribution in [3.8, 4) is 0 Å². The van der Waals surface area contributed by atoms with Crippen LogP contribution in [0.3, 0.4) is 0 Å². The molecule has 7 rings (SSSR count). The number of benzene rings is 2. The van der Waals surface area contributed by atoms with Crippen molar-refractivity contribution in [3.05, 3.63) is 75.1 Å². The van der Waals surface area contributed by atoms with E-state index >= 15 is 0 Å². The Bertz CT molecular complexity index is 1450. The van der Waals surface area contributed by atoms with Crippen molar-refractivity contribution in [2.45, 2.75) is 18.3 Å². The molecule has 164 valence electrons. The minimum atomic E-state index is -0.641. The van der Waals surface area contributed by atoms with Gasteiger partial charge in [0, 0.05) is 4.47 Å². The maximum absolute atomic E-state index is 13.4. The van der Waals surface area contributed by atoms with E-state index in [9.17, 15) is 14.4 Å². The normalized spacial score (nSPS) is 31.7. The van der Waals surface area contributed by atoms with Gasteiger partial charge >= 0.3 is 0 Å². The lowest BCUT2D eigenvalue weighted by atomic mass is 9.71. The number of ether oxygens (including phenoxy) is 1. The predicted molar refractivity (Wildman–Crippen MR) is 120 cm³/mol. The fourth-order valence-electron chi connectivity index (χ4n) is 5.69. The van der Waals surface area contributed by atoms with Crippen LogP contribution in [0.5, 0.6) is 0 Å². The molecule has 4 aliphatic rings. The first-order valence-electron chi connectivity index (χ1n) is 10.6. The zero-order valence-corrected chi connectivity index (χ0v) is 18.5. The number of rotatable bonds is 2. The molecule has 0 spiro atoms. The van der Waals surface area contributed by atoms with Crippen LogP contribution in [0.1, 0.15) is 5.56 Å². The van der Waals surface area contributed by atoms with Crippen LogP contribution in [0.2, 0.25) is 0 Å². The monoisotopic (exact) mass is 506 g/mol. The van der Waals surface area contributed by atoms with Crippen molar-refractivity contribution in [2.24, 2.45) is 22.9 Å². The van der Waals surface area contributed by atoms with Gasteiger partial charge in [-0.2, -0.15) is 0 Å². The average molecular weight is 507 g/mol. The van der Waals surface area contributed by atoms with Crippen LogP contribution in [0.25, 0.3) is 11.0 Å². The number of fused-ring (bicyclic) bond motifs is 9. The van der Waals surface area contributed by atoms with Gasteiger partial charge in [0.1, 0.15) is 23.7 Å². The lowest BCUT2D eigenvalue weighted by Crippen LogP contribution is -2.46. The molecular weight excluding hydrogens is 492 g/mol. The van der Waals surface area contributed by atoms with Crippen molar-refractivity contribution in [3.63, 3.8) is 0 Å². The molecule has 9 heteroatoms. The summed E-state index contributed by atoms with van der Waals surface area (Å²) >= 11 is 3.38. The van der Waals surface area contributed by atoms with Crippen molar-refractivity contribution in [2.75, 3.05) is 4.90 Å². The Kier molecular flexibility index (Phi) is 3.85. The summed E-state index contributed by atoms with van der Waals surface area (Å²) < 4.78 is 12.6. The zero-order valence-electron chi connectivity index (χ0n) is 16.9. The second-order valence-electron chi connectivity index (χ2n) is 8.66. The molecule has 4 unspecified atom stereocenters. The van der Waals surface area contributed by atoms with Crippen LogP contribution in [0, 0.1) is 17.8 Å². The summed E-state index contributed by atoms with van der Waals surface area (Å²) in [7, 11) is 0. The highest BCUT2D eigenvalue weighted by Gasteiger charge is 2.72. The third kappa shape index (κ3) is 2.43. The lowest BCUT2D eigenvalue weighted by molar-refractivity contribution is -0.125. The second kappa shape index (κ2) is 6.61.